The van der Waals surface area contributed by atoms with Crippen molar-refractivity contribution in [3.63, 3.8) is 0 Å². The van der Waals surface area contributed by atoms with Crippen LogP contribution in [0.2, 0.25) is 0 Å². The van der Waals surface area contributed by atoms with E-state index in [0.717, 1.165) is 22.3 Å². The molecule has 0 heterocycles. The number of rotatable bonds is 6. The maximum atomic E-state index is 12.4. The van der Waals surface area contributed by atoms with E-state index in [1.807, 2.05) is 19.9 Å². The van der Waals surface area contributed by atoms with Crippen molar-refractivity contribution in [1.29, 1.82) is 0 Å². The molecule has 20 heavy (non-hydrogen) atoms. The molecule has 0 amide bonds. The number of aliphatic carboxylic acids is 1. The summed E-state index contributed by atoms with van der Waals surface area (Å²) >= 11 is 0. The van der Waals surface area contributed by atoms with Crippen molar-refractivity contribution in [3.05, 3.63) is 28.3 Å². The standard InChI is InChI=1S/C14H21NO4S/c1-9-8-10(2)12(4)14(11(9)3)20(18,19)15-7-5-6-13(16)17/h8,15H,5-7H2,1-4H3,(H,16,17). The quantitative estimate of drug-likeness (QED) is 0.788. The fourth-order valence-corrected chi connectivity index (χ4v) is 3.79. The number of carboxylic acids is 1. The first kappa shape index (κ1) is 16.7. The SMILES string of the molecule is Cc1cc(C)c(C)c(S(=O)(=O)NCCCC(=O)O)c1C. The summed E-state index contributed by atoms with van der Waals surface area (Å²) in [4.78, 5) is 10.7. The second-order valence-corrected chi connectivity index (χ2v) is 6.69. The number of carboxylic acid groups (broad SMARTS) is 1. The lowest BCUT2D eigenvalue weighted by atomic mass is 10.0. The van der Waals surface area contributed by atoms with Crippen LogP contribution in [0.1, 0.15) is 35.1 Å². The zero-order valence-corrected chi connectivity index (χ0v) is 13.1. The molecule has 0 saturated heterocycles. The minimum absolute atomic E-state index is 0.0483. The highest BCUT2D eigenvalue weighted by atomic mass is 32.2. The van der Waals surface area contributed by atoms with Gasteiger partial charge in [-0.1, -0.05) is 6.07 Å². The number of hydrogen-bond donors (Lipinski definition) is 2. The number of sulfonamides is 1. The molecule has 1 aromatic carbocycles. The zero-order chi connectivity index (χ0) is 15.5. The van der Waals surface area contributed by atoms with Crippen molar-refractivity contribution in [3.8, 4) is 0 Å². The molecule has 0 saturated carbocycles. The Morgan fingerprint density at radius 3 is 2.10 bits per heavy atom. The molecule has 0 aliphatic rings. The van der Waals surface area contributed by atoms with Gasteiger partial charge < -0.3 is 5.11 Å². The minimum Gasteiger partial charge on any atom is -0.481 e. The van der Waals surface area contributed by atoms with Gasteiger partial charge in [-0.3, -0.25) is 4.79 Å². The normalized spacial score (nSPS) is 11.6. The van der Waals surface area contributed by atoms with Crippen LogP contribution in [-0.4, -0.2) is 26.0 Å². The minimum atomic E-state index is -3.61. The molecular formula is C14H21NO4S. The second-order valence-electron chi connectivity index (χ2n) is 4.98. The molecule has 1 aromatic rings. The Kier molecular flexibility index (Phi) is 5.30. The van der Waals surface area contributed by atoms with Crippen LogP contribution in [0.3, 0.4) is 0 Å². The van der Waals surface area contributed by atoms with E-state index in [2.05, 4.69) is 4.72 Å². The van der Waals surface area contributed by atoms with Crippen LogP contribution in [0.15, 0.2) is 11.0 Å². The Bertz CT molecular complexity index is 594. The van der Waals surface area contributed by atoms with Crippen LogP contribution in [0.4, 0.5) is 0 Å². The highest BCUT2D eigenvalue weighted by molar-refractivity contribution is 7.89. The summed E-state index contributed by atoms with van der Waals surface area (Å²) in [6.45, 7) is 7.46. The first-order chi connectivity index (χ1) is 9.16. The lowest BCUT2D eigenvalue weighted by molar-refractivity contribution is -0.137. The van der Waals surface area contributed by atoms with Gasteiger partial charge in [0.1, 0.15) is 0 Å². The van der Waals surface area contributed by atoms with E-state index >= 15 is 0 Å². The first-order valence-corrected chi connectivity index (χ1v) is 7.94. The Balaban J connectivity index is 3.01. The van der Waals surface area contributed by atoms with E-state index in [9.17, 15) is 13.2 Å². The highest BCUT2D eigenvalue weighted by Crippen LogP contribution is 2.25. The number of benzene rings is 1. The summed E-state index contributed by atoms with van der Waals surface area (Å²) in [6.07, 6.45) is 0.227. The molecule has 112 valence electrons. The zero-order valence-electron chi connectivity index (χ0n) is 12.3. The number of nitrogens with one attached hydrogen (secondary N) is 1. The fraction of sp³-hybridized carbons (Fsp3) is 0.500. The molecule has 0 atom stereocenters. The van der Waals surface area contributed by atoms with Crippen LogP contribution in [0, 0.1) is 27.7 Å². The molecule has 5 nitrogen and oxygen atoms in total. The van der Waals surface area contributed by atoms with Crippen molar-refractivity contribution >= 4 is 16.0 Å². The Morgan fingerprint density at radius 2 is 1.65 bits per heavy atom. The molecule has 2 N–H and O–H groups in total. The molecule has 1 rings (SSSR count). The maximum Gasteiger partial charge on any atom is 0.303 e. The van der Waals surface area contributed by atoms with E-state index in [1.165, 1.54) is 0 Å². The van der Waals surface area contributed by atoms with Gasteiger partial charge in [-0.15, -0.1) is 0 Å². The number of hydrogen-bond acceptors (Lipinski definition) is 3. The molecule has 0 radical (unpaired) electrons. The summed E-state index contributed by atoms with van der Waals surface area (Å²) in [5.41, 5.74) is 3.33. The van der Waals surface area contributed by atoms with Crippen LogP contribution < -0.4 is 4.72 Å². The van der Waals surface area contributed by atoms with Gasteiger partial charge in [-0.25, -0.2) is 13.1 Å². The number of carbonyl (C=O) groups is 1. The van der Waals surface area contributed by atoms with Crippen molar-refractivity contribution in [2.45, 2.75) is 45.4 Å². The van der Waals surface area contributed by atoms with Gasteiger partial charge in [-0.2, -0.15) is 0 Å². The molecule has 0 aliphatic carbocycles. The molecule has 6 heteroatoms. The van der Waals surface area contributed by atoms with Gasteiger partial charge in [0.15, 0.2) is 0 Å². The summed E-state index contributed by atoms with van der Waals surface area (Å²) in [7, 11) is -3.61. The second kappa shape index (κ2) is 6.37. The maximum absolute atomic E-state index is 12.4. The summed E-state index contributed by atoms with van der Waals surface area (Å²) < 4.78 is 27.2. The topological polar surface area (TPSA) is 83.5 Å². The van der Waals surface area contributed by atoms with E-state index in [4.69, 9.17) is 5.11 Å². The van der Waals surface area contributed by atoms with Crippen LogP contribution in [0.25, 0.3) is 0 Å². The van der Waals surface area contributed by atoms with E-state index in [0.29, 0.717) is 4.90 Å². The Morgan fingerprint density at radius 1 is 1.15 bits per heavy atom. The lowest BCUT2D eigenvalue weighted by Gasteiger charge is -2.16. The van der Waals surface area contributed by atoms with E-state index in [1.54, 1.807) is 13.8 Å². The van der Waals surface area contributed by atoms with Gasteiger partial charge in [0.25, 0.3) is 0 Å². The number of aryl methyl sites for hydroxylation is 2. The third kappa shape index (κ3) is 3.80. The van der Waals surface area contributed by atoms with Crippen molar-refractivity contribution in [2.24, 2.45) is 0 Å². The molecule has 0 spiro atoms. The summed E-state index contributed by atoms with van der Waals surface area (Å²) in [5.74, 6) is -0.928. The van der Waals surface area contributed by atoms with E-state index in [-0.39, 0.29) is 19.4 Å². The highest BCUT2D eigenvalue weighted by Gasteiger charge is 2.21. The smallest absolute Gasteiger partial charge is 0.303 e. The molecule has 0 aromatic heterocycles. The molecule has 0 fully saturated rings. The third-order valence-electron chi connectivity index (χ3n) is 3.43. The molecule has 0 bridgehead atoms. The van der Waals surface area contributed by atoms with E-state index < -0.39 is 16.0 Å². The monoisotopic (exact) mass is 299 g/mol. The fourth-order valence-electron chi connectivity index (χ4n) is 2.10. The van der Waals surface area contributed by atoms with Gasteiger partial charge in [0.05, 0.1) is 4.90 Å². The molecular weight excluding hydrogens is 278 g/mol. The average molecular weight is 299 g/mol. The summed E-state index contributed by atoms with van der Waals surface area (Å²) in [5, 5.41) is 8.54. The largest absolute Gasteiger partial charge is 0.481 e. The molecule has 0 unspecified atom stereocenters. The average Bonchev–Trinajstić information content (AvgIpc) is 2.32. The van der Waals surface area contributed by atoms with Gasteiger partial charge >= 0.3 is 5.97 Å². The Hall–Kier alpha value is -1.40. The van der Waals surface area contributed by atoms with Crippen LogP contribution in [-0.2, 0) is 14.8 Å². The van der Waals surface area contributed by atoms with Crippen LogP contribution >= 0.6 is 0 Å². The summed E-state index contributed by atoms with van der Waals surface area (Å²) in [6, 6.07) is 1.97. The van der Waals surface area contributed by atoms with Gasteiger partial charge in [0.2, 0.25) is 10.0 Å². The van der Waals surface area contributed by atoms with Crippen molar-refractivity contribution in [2.75, 3.05) is 6.54 Å². The predicted molar refractivity (Wildman–Crippen MR) is 77.4 cm³/mol. The first-order valence-electron chi connectivity index (χ1n) is 6.45. The third-order valence-corrected chi connectivity index (χ3v) is 5.16. The van der Waals surface area contributed by atoms with Gasteiger partial charge in [0, 0.05) is 13.0 Å². The van der Waals surface area contributed by atoms with Crippen molar-refractivity contribution < 1.29 is 18.3 Å². The Labute approximate surface area is 120 Å². The van der Waals surface area contributed by atoms with Gasteiger partial charge in [-0.05, 0) is 56.4 Å². The van der Waals surface area contributed by atoms with Crippen molar-refractivity contribution in [1.82, 2.24) is 4.72 Å². The molecule has 0 aliphatic heterocycles. The van der Waals surface area contributed by atoms with Crippen LogP contribution in [0.5, 0.6) is 0 Å². The lowest BCUT2D eigenvalue weighted by Crippen LogP contribution is -2.27. The predicted octanol–water partition coefficient (Wildman–Crippen LogP) is 2.06.